The first kappa shape index (κ1) is 40.5. The summed E-state index contributed by atoms with van der Waals surface area (Å²) in [5, 5.41) is 16.5. The summed E-state index contributed by atoms with van der Waals surface area (Å²) in [6, 6.07) is 50.1. The lowest BCUT2D eigenvalue weighted by molar-refractivity contribution is 0.0591. The summed E-state index contributed by atoms with van der Waals surface area (Å²) in [6.45, 7) is 0. The fourth-order valence-corrected chi connectivity index (χ4v) is 9.04. The maximum atomic E-state index is 12.7. The molecule has 0 bridgehead atoms. The van der Waals surface area contributed by atoms with Crippen LogP contribution in [0, 0.1) is 3.57 Å². The first-order valence-electron chi connectivity index (χ1n) is 20.0. The zero-order valence-electron chi connectivity index (χ0n) is 34.1. The van der Waals surface area contributed by atoms with Gasteiger partial charge in [-0.1, -0.05) is 97.1 Å². The maximum absolute atomic E-state index is 12.7. The number of para-hydroxylation sites is 5. The molecule has 10 nitrogen and oxygen atoms in total. The molecule has 0 aliphatic rings. The smallest absolute Gasteiger partial charge is 0.537 e. The van der Waals surface area contributed by atoms with Crippen molar-refractivity contribution in [1.29, 1.82) is 0 Å². The van der Waals surface area contributed by atoms with E-state index in [4.69, 9.17) is 36.8 Å². The molecule has 4 heterocycles. The van der Waals surface area contributed by atoms with Crippen molar-refractivity contribution in [2.24, 2.45) is 0 Å². The molecule has 8 aromatic carbocycles. The highest BCUT2D eigenvalue weighted by molar-refractivity contribution is 14.1. The summed E-state index contributed by atoms with van der Waals surface area (Å²) < 4.78 is 39.5. The van der Waals surface area contributed by atoms with Gasteiger partial charge < -0.3 is 36.8 Å². The Morgan fingerprint density at radius 2 is 0.938 bits per heavy atom. The van der Waals surface area contributed by atoms with Crippen LogP contribution < -0.4 is 4.65 Å². The van der Waals surface area contributed by atoms with Crippen LogP contribution in [0.25, 0.3) is 98.9 Å². The Labute approximate surface area is 377 Å². The van der Waals surface area contributed by atoms with Gasteiger partial charge in [0, 0.05) is 48.8 Å². The molecule has 4 aromatic heterocycles. The van der Waals surface area contributed by atoms with Gasteiger partial charge in [-0.2, -0.15) is 0 Å². The molecule has 0 aliphatic heterocycles. The van der Waals surface area contributed by atoms with E-state index < -0.39 is 5.97 Å². The third kappa shape index (κ3) is 6.97. The highest BCUT2D eigenvalue weighted by Crippen LogP contribution is 2.44. The minimum absolute atomic E-state index is 0.346. The minimum Gasteiger partial charge on any atom is -0.537 e. The third-order valence-corrected chi connectivity index (χ3v) is 12.1. The van der Waals surface area contributed by atoms with Crippen molar-refractivity contribution < 1.29 is 46.4 Å². The molecule has 1 radical (unpaired) electrons. The van der Waals surface area contributed by atoms with Crippen LogP contribution in [0.3, 0.4) is 0 Å². The number of carbonyl (C=O) groups excluding carboxylic acids is 2. The third-order valence-electron chi connectivity index (χ3n) is 11.1. The van der Waals surface area contributed by atoms with Crippen molar-refractivity contribution in [3.63, 3.8) is 0 Å². The van der Waals surface area contributed by atoms with Crippen molar-refractivity contribution in [1.82, 2.24) is 0 Å². The number of hydrogen-bond donors (Lipinski definition) is 1. The quantitative estimate of drug-likeness (QED) is 0.101. The Bertz CT molecular complexity index is 3740. The zero-order chi connectivity index (χ0) is 43.9. The number of ether oxygens (including phenoxy) is 2. The van der Waals surface area contributed by atoms with Gasteiger partial charge in [0.25, 0.3) is 0 Å². The van der Waals surface area contributed by atoms with E-state index in [1.165, 1.54) is 14.2 Å². The monoisotopic (exact) mass is 955 g/mol. The van der Waals surface area contributed by atoms with Crippen LogP contribution in [0.2, 0.25) is 0 Å². The standard InChI is InChI=1S/C26H16O4.C14H9IO3.C12H8BO3/c1-28-26(27)19-13-14-22-24(17-8-3-5-12-21(17)29-22)23(19)18-10-6-9-16-15-7-2-4-11-20(15)30-25(16)18;1-17-14(16)10-7-6-9-8-4-2-3-5-11(8)18-13(9)12(10)15;14-13-16-11-7-3-6-10-12(11)8-4-1-2-5-9(8)15-10/h2-14H,1H3;2-7H,1H3;1-7,14H. The van der Waals surface area contributed by atoms with Gasteiger partial charge in [0.1, 0.15) is 50.4 Å². The molecule has 0 unspecified atom stereocenters. The number of halogens is 1. The van der Waals surface area contributed by atoms with E-state index in [-0.39, 0.29) is 5.97 Å². The van der Waals surface area contributed by atoms with Crippen molar-refractivity contribution in [3.05, 3.63) is 172 Å². The minimum atomic E-state index is -0.398. The lowest BCUT2D eigenvalue weighted by Crippen LogP contribution is -2.04. The number of esters is 2. The van der Waals surface area contributed by atoms with Crippen LogP contribution in [0.4, 0.5) is 0 Å². The molecule has 0 saturated heterocycles. The molecule has 0 spiro atoms. The number of methoxy groups -OCH3 is 2. The van der Waals surface area contributed by atoms with Crippen LogP contribution in [0.15, 0.2) is 175 Å². The molecule has 12 rings (SSSR count). The van der Waals surface area contributed by atoms with E-state index in [0.717, 1.165) is 96.9 Å². The number of furan rings is 4. The summed E-state index contributed by atoms with van der Waals surface area (Å²) in [7, 11) is 3.45. The van der Waals surface area contributed by atoms with Gasteiger partial charge >= 0.3 is 19.6 Å². The topological polar surface area (TPSA) is 135 Å². The van der Waals surface area contributed by atoms with Crippen LogP contribution in [-0.2, 0) is 9.47 Å². The van der Waals surface area contributed by atoms with Gasteiger partial charge in [-0.25, -0.2) is 9.59 Å². The largest absolute Gasteiger partial charge is 0.569 e. The Hall–Kier alpha value is -7.55. The first-order chi connectivity index (χ1) is 31.4. The van der Waals surface area contributed by atoms with E-state index in [2.05, 4.69) is 22.6 Å². The average molecular weight is 956 g/mol. The van der Waals surface area contributed by atoms with Crippen molar-refractivity contribution in [3.8, 4) is 16.9 Å². The predicted octanol–water partition coefficient (Wildman–Crippen LogP) is 13.4. The van der Waals surface area contributed by atoms with E-state index in [9.17, 15) is 9.59 Å². The fraction of sp³-hybridized carbons (Fsp3) is 0.0385. The van der Waals surface area contributed by atoms with Gasteiger partial charge in [0.05, 0.1) is 34.3 Å². The van der Waals surface area contributed by atoms with E-state index >= 15 is 0 Å². The molecular formula is C52H33BIO10. The van der Waals surface area contributed by atoms with Gasteiger partial charge in [0.2, 0.25) is 0 Å². The second-order valence-electron chi connectivity index (χ2n) is 14.6. The summed E-state index contributed by atoms with van der Waals surface area (Å²) >= 11 is 2.12. The van der Waals surface area contributed by atoms with E-state index in [1.54, 1.807) is 18.2 Å². The van der Waals surface area contributed by atoms with Crippen LogP contribution in [0.5, 0.6) is 5.75 Å². The van der Waals surface area contributed by atoms with E-state index in [0.29, 0.717) is 30.1 Å². The van der Waals surface area contributed by atoms with Gasteiger partial charge in [0.15, 0.2) is 0 Å². The maximum Gasteiger partial charge on any atom is 0.569 e. The Balaban J connectivity index is 0.000000122. The molecule has 0 saturated carbocycles. The van der Waals surface area contributed by atoms with Crippen LogP contribution >= 0.6 is 22.6 Å². The average Bonchev–Trinajstić information content (AvgIpc) is 4.12. The fourth-order valence-electron chi connectivity index (χ4n) is 8.24. The van der Waals surface area contributed by atoms with Gasteiger partial charge in [-0.3, -0.25) is 0 Å². The molecule has 12 heteroatoms. The number of carbonyl (C=O) groups is 2. The summed E-state index contributed by atoms with van der Waals surface area (Å²) in [6.07, 6.45) is 0. The van der Waals surface area contributed by atoms with Crippen LogP contribution in [-0.4, -0.2) is 38.9 Å². The second-order valence-corrected chi connectivity index (χ2v) is 15.7. The molecule has 311 valence electrons. The van der Waals surface area contributed by atoms with Crippen LogP contribution in [0.1, 0.15) is 20.7 Å². The number of fused-ring (bicyclic) bond motifs is 12. The molecule has 64 heavy (non-hydrogen) atoms. The summed E-state index contributed by atoms with van der Waals surface area (Å²) in [5.41, 5.74) is 8.76. The predicted molar refractivity (Wildman–Crippen MR) is 258 cm³/mol. The Morgan fingerprint density at radius 3 is 1.56 bits per heavy atom. The molecular weight excluding hydrogens is 922 g/mol. The van der Waals surface area contributed by atoms with Crippen molar-refractivity contribution in [2.75, 3.05) is 14.2 Å². The first-order valence-corrected chi connectivity index (χ1v) is 21.1. The molecule has 1 N–H and O–H groups in total. The lowest BCUT2D eigenvalue weighted by Gasteiger charge is -2.10. The molecule has 0 atom stereocenters. The molecule has 0 aliphatic carbocycles. The van der Waals surface area contributed by atoms with Gasteiger partial charge in [-0.15, -0.1) is 0 Å². The van der Waals surface area contributed by atoms with E-state index in [1.807, 2.05) is 140 Å². The summed E-state index contributed by atoms with van der Waals surface area (Å²) in [4.78, 5) is 24.4. The number of benzene rings is 8. The Kier molecular flexibility index (Phi) is 10.7. The molecule has 12 aromatic rings. The SMILES string of the molecule is COC(=O)c1ccc2c(oc3ccccc32)c1I.COC(=O)c1ccc2oc3ccccc3c2c1-c1cccc2c1oc1ccccc12.O[B]Oc1cccc2oc3ccccc3c12. The summed E-state index contributed by atoms with van der Waals surface area (Å²) in [5.74, 6) is -0.156. The van der Waals surface area contributed by atoms with Gasteiger partial charge in [-0.05, 0) is 83.3 Å². The number of hydrogen-bond acceptors (Lipinski definition) is 10. The molecule has 0 fully saturated rings. The highest BCUT2D eigenvalue weighted by Gasteiger charge is 2.24. The van der Waals surface area contributed by atoms with Crippen molar-refractivity contribution in [2.45, 2.75) is 0 Å². The zero-order valence-corrected chi connectivity index (χ0v) is 36.2. The lowest BCUT2D eigenvalue weighted by atomic mass is 9.93. The van der Waals surface area contributed by atoms with Crippen molar-refractivity contribution >= 4 is 130 Å². The normalized spacial score (nSPS) is 11.2. The highest BCUT2D eigenvalue weighted by atomic mass is 127. The molecule has 0 amide bonds. The number of rotatable bonds is 5. The Morgan fingerprint density at radius 1 is 0.469 bits per heavy atom. The second kappa shape index (κ2) is 17.0.